The predicted molar refractivity (Wildman–Crippen MR) is 75.0 cm³/mol. The van der Waals surface area contributed by atoms with E-state index < -0.39 is 4.92 Å². The maximum Gasteiger partial charge on any atom is 0.281 e. The van der Waals surface area contributed by atoms with Crippen LogP contribution in [0.25, 0.3) is 11.4 Å². The second kappa shape index (κ2) is 5.03. The van der Waals surface area contributed by atoms with Gasteiger partial charge in [-0.25, -0.2) is 0 Å². The van der Waals surface area contributed by atoms with Crippen LogP contribution in [0.5, 0.6) is 0 Å². The summed E-state index contributed by atoms with van der Waals surface area (Å²) in [5.41, 5.74) is 0.225. The zero-order valence-corrected chi connectivity index (χ0v) is 11.8. The molecule has 1 aliphatic rings. The number of nitrogens with zero attached hydrogens (tertiary/aromatic N) is 4. The first-order valence-corrected chi connectivity index (χ1v) is 6.97. The molecule has 1 aromatic carbocycles. The minimum absolute atomic E-state index is 0.0760. The Balaban J connectivity index is 2.24. The molecule has 0 atom stereocenters. The van der Waals surface area contributed by atoms with Gasteiger partial charge in [-0.2, -0.15) is 0 Å². The van der Waals surface area contributed by atoms with Gasteiger partial charge >= 0.3 is 0 Å². The highest BCUT2D eigenvalue weighted by atomic mass is 35.5. The van der Waals surface area contributed by atoms with Crippen LogP contribution in [0.4, 0.5) is 5.69 Å². The number of aromatic nitrogens is 3. The molecule has 0 saturated heterocycles. The van der Waals surface area contributed by atoms with Gasteiger partial charge < -0.3 is 4.57 Å². The summed E-state index contributed by atoms with van der Waals surface area (Å²) in [6.45, 7) is 0. The van der Waals surface area contributed by atoms with Crippen molar-refractivity contribution in [2.45, 2.75) is 24.8 Å². The van der Waals surface area contributed by atoms with Gasteiger partial charge in [0, 0.05) is 12.1 Å². The van der Waals surface area contributed by atoms with Crippen molar-refractivity contribution in [3.63, 3.8) is 0 Å². The number of hydrogen-bond donors (Lipinski definition) is 0. The highest BCUT2D eigenvalue weighted by Crippen LogP contribution is 2.42. The fraction of sp³-hybridized carbons (Fsp3) is 0.333. The maximum atomic E-state index is 11.2. The number of alkyl halides is 1. The normalized spacial score (nSPS) is 14.5. The molecule has 0 N–H and O–H groups in total. The lowest BCUT2D eigenvalue weighted by molar-refractivity contribution is -0.384. The Labute approximate surface area is 124 Å². The van der Waals surface area contributed by atoms with E-state index in [1.54, 1.807) is 12.1 Å². The largest absolute Gasteiger partial charge is 0.307 e. The zero-order chi connectivity index (χ0) is 14.3. The van der Waals surface area contributed by atoms with E-state index in [0.717, 1.165) is 12.8 Å². The van der Waals surface area contributed by atoms with Crippen molar-refractivity contribution in [3.05, 3.63) is 39.2 Å². The summed E-state index contributed by atoms with van der Waals surface area (Å²) < 4.78 is 1.86. The van der Waals surface area contributed by atoms with Crippen molar-refractivity contribution < 1.29 is 4.92 Å². The molecular formula is C12H10Cl2N4O2. The van der Waals surface area contributed by atoms with Crippen molar-refractivity contribution in [3.8, 4) is 11.4 Å². The summed E-state index contributed by atoms with van der Waals surface area (Å²) in [6.07, 6.45) is 1.99. The lowest BCUT2D eigenvalue weighted by Crippen LogP contribution is -2.04. The van der Waals surface area contributed by atoms with E-state index in [-0.39, 0.29) is 22.6 Å². The Kier molecular flexibility index (Phi) is 3.35. The van der Waals surface area contributed by atoms with Crippen molar-refractivity contribution in [1.82, 2.24) is 14.8 Å². The third kappa shape index (κ3) is 2.14. The quantitative estimate of drug-likeness (QED) is 0.491. The van der Waals surface area contributed by atoms with Crippen LogP contribution in [0, 0.1) is 10.1 Å². The van der Waals surface area contributed by atoms with Crippen LogP contribution in [0.1, 0.15) is 24.7 Å². The first-order valence-electron chi connectivity index (χ1n) is 6.06. The Hall–Kier alpha value is -1.66. The summed E-state index contributed by atoms with van der Waals surface area (Å²) in [5, 5.41) is 19.5. The topological polar surface area (TPSA) is 73.8 Å². The molecular weight excluding hydrogens is 303 g/mol. The summed E-state index contributed by atoms with van der Waals surface area (Å²) in [5.74, 6) is 1.24. The molecule has 6 nitrogen and oxygen atoms in total. The van der Waals surface area contributed by atoms with Crippen LogP contribution < -0.4 is 0 Å². The zero-order valence-electron chi connectivity index (χ0n) is 10.3. The monoisotopic (exact) mass is 312 g/mol. The van der Waals surface area contributed by atoms with Crippen molar-refractivity contribution in [1.29, 1.82) is 0 Å². The van der Waals surface area contributed by atoms with E-state index >= 15 is 0 Å². The summed E-state index contributed by atoms with van der Waals surface area (Å²) in [6, 6.07) is 4.82. The number of benzene rings is 1. The maximum absolute atomic E-state index is 11.2. The first kappa shape index (κ1) is 13.3. The summed E-state index contributed by atoms with van der Waals surface area (Å²) in [4.78, 5) is 10.7. The molecule has 0 radical (unpaired) electrons. The van der Waals surface area contributed by atoms with E-state index in [4.69, 9.17) is 23.2 Å². The van der Waals surface area contributed by atoms with Gasteiger partial charge in [0.05, 0.1) is 15.8 Å². The third-order valence-corrected chi connectivity index (χ3v) is 3.76. The number of rotatable bonds is 4. The second-order valence-corrected chi connectivity index (χ2v) is 5.24. The second-order valence-electron chi connectivity index (χ2n) is 4.57. The van der Waals surface area contributed by atoms with Gasteiger partial charge in [-0.3, -0.25) is 10.1 Å². The van der Waals surface area contributed by atoms with E-state index in [0.29, 0.717) is 17.2 Å². The van der Waals surface area contributed by atoms with Gasteiger partial charge in [-0.15, -0.1) is 21.8 Å². The predicted octanol–water partition coefficient (Wildman–Crippen LogP) is 3.58. The van der Waals surface area contributed by atoms with Gasteiger partial charge in [0.15, 0.2) is 5.82 Å². The average Bonchev–Trinajstić information content (AvgIpc) is 3.18. The van der Waals surface area contributed by atoms with Gasteiger partial charge in [-0.05, 0) is 18.9 Å². The van der Waals surface area contributed by atoms with Gasteiger partial charge in [-0.1, -0.05) is 17.7 Å². The van der Waals surface area contributed by atoms with Crippen LogP contribution >= 0.6 is 23.2 Å². The standard InChI is InChI=1S/C12H10Cl2N4O2/c13-6-10-15-16-12(17(10)7-4-5-7)11-8(14)2-1-3-9(11)18(19)20/h1-3,7H,4-6H2. The molecule has 0 unspecified atom stereocenters. The van der Waals surface area contributed by atoms with Crippen molar-refractivity contribution in [2.75, 3.05) is 0 Å². The molecule has 1 aromatic heterocycles. The van der Waals surface area contributed by atoms with Crippen molar-refractivity contribution >= 4 is 28.9 Å². The summed E-state index contributed by atoms with van der Waals surface area (Å²) >= 11 is 12.0. The van der Waals surface area contributed by atoms with E-state index in [2.05, 4.69) is 10.2 Å². The molecule has 1 saturated carbocycles. The van der Waals surface area contributed by atoms with E-state index in [1.165, 1.54) is 6.07 Å². The molecule has 3 rings (SSSR count). The van der Waals surface area contributed by atoms with Crippen LogP contribution in [-0.2, 0) is 5.88 Å². The molecule has 8 heteroatoms. The SMILES string of the molecule is O=[N+]([O-])c1cccc(Cl)c1-c1nnc(CCl)n1C1CC1. The molecule has 1 heterocycles. The molecule has 104 valence electrons. The molecule has 0 spiro atoms. The molecule has 0 bridgehead atoms. The fourth-order valence-electron chi connectivity index (χ4n) is 2.19. The Morgan fingerprint density at radius 1 is 1.40 bits per heavy atom. The molecule has 20 heavy (non-hydrogen) atoms. The molecule has 1 fully saturated rings. The van der Waals surface area contributed by atoms with Crippen LogP contribution in [0.2, 0.25) is 5.02 Å². The number of hydrogen-bond acceptors (Lipinski definition) is 4. The van der Waals surface area contributed by atoms with Gasteiger partial charge in [0.1, 0.15) is 11.4 Å². The van der Waals surface area contributed by atoms with Gasteiger partial charge in [0.25, 0.3) is 5.69 Å². The Bertz CT molecular complexity index is 682. The van der Waals surface area contributed by atoms with Crippen LogP contribution in [-0.4, -0.2) is 19.7 Å². The van der Waals surface area contributed by atoms with Crippen molar-refractivity contribution in [2.24, 2.45) is 0 Å². The average molecular weight is 313 g/mol. The van der Waals surface area contributed by atoms with Crippen LogP contribution in [0.3, 0.4) is 0 Å². The molecule has 0 aliphatic heterocycles. The highest BCUT2D eigenvalue weighted by Gasteiger charge is 2.32. The number of nitro groups is 1. The number of halogens is 2. The third-order valence-electron chi connectivity index (χ3n) is 3.21. The molecule has 0 amide bonds. The lowest BCUT2D eigenvalue weighted by Gasteiger charge is -2.09. The Morgan fingerprint density at radius 2 is 2.15 bits per heavy atom. The number of nitro benzene ring substituents is 1. The molecule has 2 aromatic rings. The first-order chi connectivity index (χ1) is 9.63. The van der Waals surface area contributed by atoms with E-state index in [1.807, 2.05) is 4.57 Å². The fourth-order valence-corrected chi connectivity index (χ4v) is 2.62. The smallest absolute Gasteiger partial charge is 0.281 e. The highest BCUT2D eigenvalue weighted by molar-refractivity contribution is 6.33. The minimum Gasteiger partial charge on any atom is -0.307 e. The summed E-state index contributed by atoms with van der Waals surface area (Å²) in [7, 11) is 0. The van der Waals surface area contributed by atoms with Gasteiger partial charge in [0.2, 0.25) is 0 Å². The lowest BCUT2D eigenvalue weighted by atomic mass is 10.1. The van der Waals surface area contributed by atoms with Crippen LogP contribution in [0.15, 0.2) is 18.2 Å². The molecule has 1 aliphatic carbocycles. The minimum atomic E-state index is -0.465. The van der Waals surface area contributed by atoms with E-state index in [9.17, 15) is 10.1 Å². The Morgan fingerprint density at radius 3 is 2.75 bits per heavy atom.